The zero-order chi connectivity index (χ0) is 10.1. The summed E-state index contributed by atoms with van der Waals surface area (Å²) in [6.45, 7) is 0.971. The molecule has 1 aliphatic heterocycles. The third-order valence-electron chi connectivity index (χ3n) is 2.42. The number of nitrogens with zero attached hydrogens (tertiary/aromatic N) is 1. The quantitative estimate of drug-likeness (QED) is 0.805. The van der Waals surface area contributed by atoms with Crippen LogP contribution in [0.3, 0.4) is 0 Å². The Morgan fingerprint density at radius 2 is 2.29 bits per heavy atom. The maximum Gasteiger partial charge on any atom is 0.138 e. The Bertz CT molecular complexity index is 407. The Labute approximate surface area is 90.5 Å². The molecule has 0 aliphatic carbocycles. The van der Waals surface area contributed by atoms with E-state index in [1.165, 1.54) is 0 Å². The number of aromatic hydroxyl groups is 1. The highest BCUT2D eigenvalue weighted by molar-refractivity contribution is 9.10. The molecule has 0 radical (unpaired) electrons. The summed E-state index contributed by atoms with van der Waals surface area (Å²) < 4.78 is 0.829. The summed E-state index contributed by atoms with van der Waals surface area (Å²) in [7, 11) is 0. The minimum Gasteiger partial charge on any atom is -0.506 e. The van der Waals surface area contributed by atoms with Crippen molar-refractivity contribution in [3.05, 3.63) is 27.7 Å². The smallest absolute Gasteiger partial charge is 0.138 e. The van der Waals surface area contributed by atoms with Gasteiger partial charge in [-0.05, 0) is 25.1 Å². The Hall–Kier alpha value is -1.05. The van der Waals surface area contributed by atoms with Crippen molar-refractivity contribution in [2.24, 2.45) is 0 Å². The van der Waals surface area contributed by atoms with E-state index in [-0.39, 0.29) is 11.8 Å². The summed E-state index contributed by atoms with van der Waals surface area (Å²) in [5, 5.41) is 21.7. The number of phenols is 1. The molecule has 1 saturated heterocycles. The first kappa shape index (κ1) is 9.50. The maximum absolute atomic E-state index is 9.77. The lowest BCUT2D eigenvalue weighted by molar-refractivity contribution is 0.364. The first-order valence-electron chi connectivity index (χ1n) is 4.38. The Kier molecular flexibility index (Phi) is 2.44. The van der Waals surface area contributed by atoms with E-state index in [1.807, 2.05) is 12.1 Å². The second-order valence-corrected chi connectivity index (χ2v) is 4.21. The predicted octanol–water partition coefficient (Wildman–Crippen LogP) is 2.06. The van der Waals surface area contributed by atoms with Crippen molar-refractivity contribution >= 4 is 15.9 Å². The van der Waals surface area contributed by atoms with E-state index in [1.54, 1.807) is 6.07 Å². The average molecular weight is 253 g/mol. The molecule has 0 amide bonds. The van der Waals surface area contributed by atoms with Crippen LogP contribution in [0, 0.1) is 11.3 Å². The summed E-state index contributed by atoms with van der Waals surface area (Å²) in [5.41, 5.74) is 1.13. The molecule has 72 valence electrons. The lowest BCUT2D eigenvalue weighted by Gasteiger charge is -2.28. The molecule has 3 nitrogen and oxygen atoms in total. The number of nitriles is 1. The van der Waals surface area contributed by atoms with E-state index >= 15 is 0 Å². The second-order valence-electron chi connectivity index (χ2n) is 3.30. The Balaban J connectivity index is 2.48. The highest BCUT2D eigenvalue weighted by Gasteiger charge is 2.23. The van der Waals surface area contributed by atoms with Gasteiger partial charge in [-0.15, -0.1) is 0 Å². The number of halogens is 1. The zero-order valence-electron chi connectivity index (χ0n) is 7.42. The SMILES string of the molecule is N#Cc1cc(Br)cc(C2CCN2)c1O. The minimum atomic E-state index is 0.105. The Morgan fingerprint density at radius 1 is 1.57 bits per heavy atom. The summed E-state index contributed by atoms with van der Waals surface area (Å²) in [4.78, 5) is 0. The number of phenolic OH excluding ortho intramolecular Hbond substituents is 1. The molecule has 0 saturated carbocycles. The third kappa shape index (κ3) is 1.49. The van der Waals surface area contributed by atoms with E-state index in [0.29, 0.717) is 5.56 Å². The summed E-state index contributed by atoms with van der Waals surface area (Å²) in [6.07, 6.45) is 1.01. The molecule has 4 heteroatoms. The fourth-order valence-corrected chi connectivity index (χ4v) is 2.00. The van der Waals surface area contributed by atoms with Crippen molar-refractivity contribution in [3.63, 3.8) is 0 Å². The first-order valence-corrected chi connectivity index (χ1v) is 5.17. The molecule has 1 aliphatic rings. The van der Waals surface area contributed by atoms with Gasteiger partial charge in [-0.3, -0.25) is 0 Å². The van der Waals surface area contributed by atoms with Crippen molar-refractivity contribution < 1.29 is 5.11 Å². The van der Waals surface area contributed by atoms with E-state index in [2.05, 4.69) is 21.2 Å². The molecule has 0 bridgehead atoms. The summed E-state index contributed by atoms with van der Waals surface area (Å²) in [5.74, 6) is 0.105. The molecular formula is C10H9BrN2O. The molecule has 1 aromatic carbocycles. The van der Waals surface area contributed by atoms with Crippen LogP contribution in [0.5, 0.6) is 5.75 Å². The Morgan fingerprint density at radius 3 is 2.79 bits per heavy atom. The summed E-state index contributed by atoms with van der Waals surface area (Å²) >= 11 is 3.32. The van der Waals surface area contributed by atoms with Gasteiger partial charge in [-0.2, -0.15) is 5.26 Å². The van der Waals surface area contributed by atoms with Crippen LogP contribution in [0.25, 0.3) is 0 Å². The highest BCUT2D eigenvalue weighted by Crippen LogP contribution is 2.35. The van der Waals surface area contributed by atoms with Gasteiger partial charge in [0.1, 0.15) is 11.8 Å². The van der Waals surface area contributed by atoms with Gasteiger partial charge in [0, 0.05) is 16.1 Å². The van der Waals surface area contributed by atoms with Gasteiger partial charge in [0.05, 0.1) is 5.56 Å². The molecule has 14 heavy (non-hydrogen) atoms. The molecule has 2 rings (SSSR count). The van der Waals surface area contributed by atoms with Gasteiger partial charge in [0.25, 0.3) is 0 Å². The monoisotopic (exact) mass is 252 g/mol. The van der Waals surface area contributed by atoms with Crippen molar-refractivity contribution in [1.29, 1.82) is 5.26 Å². The highest BCUT2D eigenvalue weighted by atomic mass is 79.9. The molecule has 0 aromatic heterocycles. The van der Waals surface area contributed by atoms with Crippen LogP contribution in [-0.2, 0) is 0 Å². The molecular weight excluding hydrogens is 244 g/mol. The third-order valence-corrected chi connectivity index (χ3v) is 2.88. The van der Waals surface area contributed by atoms with Crippen molar-refractivity contribution in [2.75, 3.05) is 6.54 Å². The van der Waals surface area contributed by atoms with Crippen molar-refractivity contribution in [2.45, 2.75) is 12.5 Å². The topological polar surface area (TPSA) is 56.0 Å². The van der Waals surface area contributed by atoms with Crippen LogP contribution in [-0.4, -0.2) is 11.7 Å². The van der Waals surface area contributed by atoms with Crippen LogP contribution >= 0.6 is 15.9 Å². The van der Waals surface area contributed by atoms with Crippen LogP contribution in [0.4, 0.5) is 0 Å². The number of hydrogen-bond acceptors (Lipinski definition) is 3. The van der Waals surface area contributed by atoms with E-state index in [9.17, 15) is 5.11 Å². The fourth-order valence-electron chi connectivity index (χ4n) is 1.53. The summed E-state index contributed by atoms with van der Waals surface area (Å²) in [6, 6.07) is 5.64. The van der Waals surface area contributed by atoms with Crippen molar-refractivity contribution in [1.82, 2.24) is 5.32 Å². The van der Waals surface area contributed by atoms with Crippen LogP contribution in [0.2, 0.25) is 0 Å². The number of hydrogen-bond donors (Lipinski definition) is 2. The molecule has 1 fully saturated rings. The molecule has 1 unspecified atom stereocenters. The molecule has 2 N–H and O–H groups in total. The first-order chi connectivity index (χ1) is 6.72. The van der Waals surface area contributed by atoms with E-state index in [0.717, 1.165) is 23.0 Å². The van der Waals surface area contributed by atoms with Gasteiger partial charge in [0.2, 0.25) is 0 Å². The molecule has 0 spiro atoms. The molecule has 1 heterocycles. The van der Waals surface area contributed by atoms with Gasteiger partial charge in [0.15, 0.2) is 0 Å². The number of rotatable bonds is 1. The standard InChI is InChI=1S/C10H9BrN2O/c11-7-3-6(5-12)10(14)8(4-7)9-1-2-13-9/h3-4,9,13-14H,1-2H2. The fraction of sp³-hybridized carbons (Fsp3) is 0.300. The average Bonchev–Trinajstić information content (AvgIpc) is 2.07. The molecule has 1 atom stereocenters. The van der Waals surface area contributed by atoms with Gasteiger partial charge in [-0.25, -0.2) is 0 Å². The second kappa shape index (κ2) is 3.60. The number of nitrogens with one attached hydrogen (secondary N) is 1. The van der Waals surface area contributed by atoms with Gasteiger partial charge >= 0.3 is 0 Å². The zero-order valence-corrected chi connectivity index (χ0v) is 9.00. The van der Waals surface area contributed by atoms with Crippen LogP contribution in [0.15, 0.2) is 16.6 Å². The van der Waals surface area contributed by atoms with E-state index < -0.39 is 0 Å². The van der Waals surface area contributed by atoms with Gasteiger partial charge < -0.3 is 10.4 Å². The lowest BCUT2D eigenvalue weighted by atomic mass is 9.95. The van der Waals surface area contributed by atoms with Crippen molar-refractivity contribution in [3.8, 4) is 11.8 Å². The van der Waals surface area contributed by atoms with Crippen LogP contribution in [0.1, 0.15) is 23.6 Å². The predicted molar refractivity (Wildman–Crippen MR) is 55.9 cm³/mol. The largest absolute Gasteiger partial charge is 0.506 e. The molecule has 1 aromatic rings. The maximum atomic E-state index is 9.77. The van der Waals surface area contributed by atoms with Crippen LogP contribution < -0.4 is 5.32 Å². The lowest BCUT2D eigenvalue weighted by Crippen LogP contribution is -2.35. The number of benzene rings is 1. The minimum absolute atomic E-state index is 0.105. The normalized spacial score (nSPS) is 19.9. The van der Waals surface area contributed by atoms with Gasteiger partial charge in [-0.1, -0.05) is 15.9 Å². The van der Waals surface area contributed by atoms with E-state index in [4.69, 9.17) is 5.26 Å².